The van der Waals surface area contributed by atoms with Gasteiger partial charge in [0.15, 0.2) is 0 Å². The van der Waals surface area contributed by atoms with E-state index in [-0.39, 0.29) is 11.1 Å². The molecule has 3 rings (SSSR count). The van der Waals surface area contributed by atoms with Gasteiger partial charge in [0.2, 0.25) is 0 Å². The highest BCUT2D eigenvalue weighted by atomic mass is 79.9. The van der Waals surface area contributed by atoms with E-state index in [1.54, 1.807) is 30.3 Å². The molecule has 23 heavy (non-hydrogen) atoms. The zero-order chi connectivity index (χ0) is 16.4. The first-order chi connectivity index (χ1) is 11.1. The van der Waals surface area contributed by atoms with Gasteiger partial charge in [-0.2, -0.15) is 0 Å². The third kappa shape index (κ3) is 3.18. The number of hydrogen-bond donors (Lipinski definition) is 0. The quantitative estimate of drug-likeness (QED) is 0.713. The van der Waals surface area contributed by atoms with Gasteiger partial charge in [-0.3, -0.25) is 9.59 Å². The number of carbonyl (C=O) groups is 2. The van der Waals surface area contributed by atoms with Gasteiger partial charge < -0.3 is 4.74 Å². The maximum Gasteiger partial charge on any atom is 0.298 e. The summed E-state index contributed by atoms with van der Waals surface area (Å²) in [5.74, 6) is 0.145. The number of anilines is 1. The van der Waals surface area contributed by atoms with Crippen molar-refractivity contribution >= 4 is 50.6 Å². The van der Waals surface area contributed by atoms with Crippen molar-refractivity contribution in [1.82, 2.24) is 0 Å². The molecule has 1 aliphatic rings. The molecule has 0 radical (unpaired) electrons. The molecule has 116 valence electrons. The van der Waals surface area contributed by atoms with Gasteiger partial charge in [0, 0.05) is 4.47 Å². The van der Waals surface area contributed by atoms with Crippen LogP contribution in [0.1, 0.15) is 5.56 Å². The molecule has 1 aliphatic heterocycles. The zero-order valence-corrected chi connectivity index (χ0v) is 14.6. The summed E-state index contributed by atoms with van der Waals surface area (Å²) in [6, 6.07) is 14.5. The van der Waals surface area contributed by atoms with Gasteiger partial charge in [0.1, 0.15) is 5.75 Å². The van der Waals surface area contributed by atoms with Crippen molar-refractivity contribution in [3.8, 4) is 5.75 Å². The number of ether oxygens (including phenoxy) is 1. The molecule has 4 nitrogen and oxygen atoms in total. The molecule has 2 aromatic carbocycles. The van der Waals surface area contributed by atoms with E-state index in [1.165, 1.54) is 7.11 Å². The van der Waals surface area contributed by atoms with E-state index >= 15 is 0 Å². The Hall–Kier alpha value is -2.05. The number of para-hydroxylation sites is 2. The molecule has 2 aromatic rings. The highest BCUT2D eigenvalue weighted by molar-refractivity contribution is 9.10. The second-order valence-electron chi connectivity index (χ2n) is 4.74. The summed E-state index contributed by atoms with van der Waals surface area (Å²) in [7, 11) is 1.51. The standard InChI is InChI=1S/C17H12BrNO3S/c1-22-14-5-3-2-4-13(14)19-16(20)15(23-17(19)21)10-11-6-8-12(18)9-7-11/h2-10H,1H3. The van der Waals surface area contributed by atoms with Gasteiger partial charge in [0.05, 0.1) is 17.7 Å². The van der Waals surface area contributed by atoms with Crippen molar-refractivity contribution < 1.29 is 14.3 Å². The fourth-order valence-corrected chi connectivity index (χ4v) is 3.30. The molecule has 6 heteroatoms. The van der Waals surface area contributed by atoms with Crippen LogP contribution in [0.2, 0.25) is 0 Å². The van der Waals surface area contributed by atoms with Gasteiger partial charge in [0.25, 0.3) is 11.1 Å². The highest BCUT2D eigenvalue weighted by Crippen LogP contribution is 2.39. The summed E-state index contributed by atoms with van der Waals surface area (Å²) in [5, 5.41) is -0.331. The third-order valence-electron chi connectivity index (χ3n) is 3.29. The first kappa shape index (κ1) is 15.8. The van der Waals surface area contributed by atoms with Gasteiger partial charge in [-0.05, 0) is 47.7 Å². The second kappa shape index (κ2) is 6.60. The fourth-order valence-electron chi connectivity index (χ4n) is 2.20. The van der Waals surface area contributed by atoms with Crippen LogP contribution in [0.4, 0.5) is 10.5 Å². The van der Waals surface area contributed by atoms with Crippen LogP contribution in [0.25, 0.3) is 6.08 Å². The number of hydrogen-bond acceptors (Lipinski definition) is 4. The molecule has 0 atom stereocenters. The predicted octanol–water partition coefficient (Wildman–Crippen LogP) is 4.70. The van der Waals surface area contributed by atoms with Gasteiger partial charge in [-0.25, -0.2) is 4.90 Å². The molecule has 1 heterocycles. The first-order valence-electron chi connectivity index (χ1n) is 6.76. The normalized spacial score (nSPS) is 16.3. The van der Waals surface area contributed by atoms with Gasteiger partial charge in [-0.1, -0.05) is 40.2 Å². The number of benzene rings is 2. The smallest absolute Gasteiger partial charge is 0.298 e. The molecular weight excluding hydrogens is 378 g/mol. The Balaban J connectivity index is 1.95. The Kier molecular flexibility index (Phi) is 4.54. The van der Waals surface area contributed by atoms with Crippen molar-refractivity contribution in [3.05, 3.63) is 63.5 Å². The van der Waals surface area contributed by atoms with Crippen LogP contribution in [0.15, 0.2) is 57.9 Å². The molecule has 0 spiro atoms. The second-order valence-corrected chi connectivity index (χ2v) is 6.65. The van der Waals surface area contributed by atoms with Crippen molar-refractivity contribution in [2.24, 2.45) is 0 Å². The van der Waals surface area contributed by atoms with E-state index in [2.05, 4.69) is 15.9 Å². The Morgan fingerprint density at radius 3 is 2.48 bits per heavy atom. The lowest BCUT2D eigenvalue weighted by molar-refractivity contribution is -0.113. The summed E-state index contributed by atoms with van der Waals surface area (Å²) < 4.78 is 6.20. The van der Waals surface area contributed by atoms with E-state index in [9.17, 15) is 9.59 Å². The number of amides is 2. The van der Waals surface area contributed by atoms with Gasteiger partial charge >= 0.3 is 0 Å². The molecule has 0 bridgehead atoms. The minimum atomic E-state index is -0.340. The summed E-state index contributed by atoms with van der Waals surface area (Å²) in [6.07, 6.45) is 1.72. The van der Waals surface area contributed by atoms with E-state index in [4.69, 9.17) is 4.74 Å². The Labute approximate surface area is 146 Å². The largest absolute Gasteiger partial charge is 0.495 e. The maximum absolute atomic E-state index is 12.6. The van der Waals surface area contributed by atoms with E-state index < -0.39 is 0 Å². The lowest BCUT2D eigenvalue weighted by Crippen LogP contribution is -2.28. The lowest BCUT2D eigenvalue weighted by atomic mass is 10.2. The minimum absolute atomic E-state index is 0.331. The molecule has 0 aliphatic carbocycles. The number of methoxy groups -OCH3 is 1. The van der Waals surface area contributed by atoms with Gasteiger partial charge in [-0.15, -0.1) is 0 Å². The Morgan fingerprint density at radius 1 is 1.09 bits per heavy atom. The van der Waals surface area contributed by atoms with Crippen LogP contribution in [0.3, 0.4) is 0 Å². The van der Waals surface area contributed by atoms with Crippen molar-refractivity contribution in [3.63, 3.8) is 0 Å². The number of nitrogens with zero attached hydrogens (tertiary/aromatic N) is 1. The minimum Gasteiger partial charge on any atom is -0.495 e. The van der Waals surface area contributed by atoms with Crippen LogP contribution in [0.5, 0.6) is 5.75 Å². The van der Waals surface area contributed by atoms with Crippen LogP contribution in [-0.2, 0) is 4.79 Å². The molecule has 0 aromatic heterocycles. The van der Waals surface area contributed by atoms with Crippen molar-refractivity contribution in [2.45, 2.75) is 0 Å². The topological polar surface area (TPSA) is 46.6 Å². The third-order valence-corrected chi connectivity index (χ3v) is 4.69. The Bertz CT molecular complexity index is 802. The van der Waals surface area contributed by atoms with Crippen molar-refractivity contribution in [2.75, 3.05) is 12.0 Å². The lowest BCUT2D eigenvalue weighted by Gasteiger charge is -2.15. The molecule has 0 saturated carbocycles. The summed E-state index contributed by atoms with van der Waals surface area (Å²) in [6.45, 7) is 0. The molecular formula is C17H12BrNO3S. The van der Waals surface area contributed by atoms with Crippen molar-refractivity contribution in [1.29, 1.82) is 0 Å². The molecule has 1 fully saturated rings. The number of halogens is 1. The first-order valence-corrected chi connectivity index (χ1v) is 8.37. The number of rotatable bonds is 3. The average Bonchev–Trinajstić information content (AvgIpc) is 2.83. The number of thioether (sulfide) groups is 1. The number of carbonyl (C=O) groups excluding carboxylic acids is 2. The number of imide groups is 1. The van der Waals surface area contributed by atoms with Crippen LogP contribution in [-0.4, -0.2) is 18.3 Å². The molecule has 0 N–H and O–H groups in total. The fraction of sp³-hybridized carbons (Fsp3) is 0.0588. The van der Waals surface area contributed by atoms with Crippen LogP contribution >= 0.6 is 27.7 Å². The van der Waals surface area contributed by atoms with E-state index in [1.807, 2.05) is 24.3 Å². The van der Waals surface area contributed by atoms with Crippen LogP contribution < -0.4 is 9.64 Å². The molecule has 0 unspecified atom stereocenters. The Morgan fingerprint density at radius 2 is 1.78 bits per heavy atom. The predicted molar refractivity (Wildman–Crippen MR) is 95.6 cm³/mol. The highest BCUT2D eigenvalue weighted by Gasteiger charge is 2.37. The summed E-state index contributed by atoms with van der Waals surface area (Å²) in [4.78, 5) is 26.4. The van der Waals surface area contributed by atoms with Crippen LogP contribution in [0, 0.1) is 0 Å². The SMILES string of the molecule is COc1ccccc1N1C(=O)SC(=Cc2ccc(Br)cc2)C1=O. The summed E-state index contributed by atoms with van der Waals surface area (Å²) >= 11 is 4.29. The maximum atomic E-state index is 12.6. The molecule has 2 amide bonds. The van der Waals surface area contributed by atoms with E-state index in [0.29, 0.717) is 16.3 Å². The summed E-state index contributed by atoms with van der Waals surface area (Å²) in [5.41, 5.74) is 1.32. The monoisotopic (exact) mass is 389 g/mol. The molecule has 1 saturated heterocycles. The zero-order valence-electron chi connectivity index (χ0n) is 12.2. The van der Waals surface area contributed by atoms with E-state index in [0.717, 1.165) is 26.7 Å². The average molecular weight is 390 g/mol.